The Bertz CT molecular complexity index is 595. The first-order valence-electron chi connectivity index (χ1n) is 9.94. The van der Waals surface area contributed by atoms with Gasteiger partial charge in [-0.15, -0.1) is 0 Å². The SMILES string of the molecule is CCOC(=O)C1(CC=Cc2ccccc2)CCCN(C2CCOCC2)C1. The van der Waals surface area contributed by atoms with Crippen LogP contribution in [0, 0.1) is 5.41 Å². The van der Waals surface area contributed by atoms with Gasteiger partial charge in [-0.2, -0.15) is 0 Å². The van der Waals surface area contributed by atoms with Crippen LogP contribution in [0.15, 0.2) is 36.4 Å². The van der Waals surface area contributed by atoms with Gasteiger partial charge in [0.1, 0.15) is 0 Å². The molecule has 4 heteroatoms. The van der Waals surface area contributed by atoms with Crippen LogP contribution >= 0.6 is 0 Å². The van der Waals surface area contributed by atoms with E-state index in [4.69, 9.17) is 9.47 Å². The Balaban J connectivity index is 1.72. The summed E-state index contributed by atoms with van der Waals surface area (Å²) in [7, 11) is 0. The predicted octanol–water partition coefficient (Wildman–Crippen LogP) is 3.91. The molecule has 0 aromatic heterocycles. The van der Waals surface area contributed by atoms with Gasteiger partial charge in [0.05, 0.1) is 12.0 Å². The Morgan fingerprint density at radius 1 is 1.31 bits per heavy atom. The maximum atomic E-state index is 12.9. The number of ether oxygens (including phenoxy) is 2. The molecule has 1 aromatic rings. The minimum atomic E-state index is -0.419. The molecule has 2 heterocycles. The summed E-state index contributed by atoms with van der Waals surface area (Å²) in [5.74, 6) is -0.0329. The average Bonchev–Trinajstić information content (AvgIpc) is 2.70. The fraction of sp³-hybridized carbons (Fsp3) is 0.591. The van der Waals surface area contributed by atoms with Crippen LogP contribution in [-0.2, 0) is 14.3 Å². The van der Waals surface area contributed by atoms with E-state index in [1.807, 2.05) is 25.1 Å². The van der Waals surface area contributed by atoms with Gasteiger partial charge in [0.2, 0.25) is 0 Å². The van der Waals surface area contributed by atoms with Crippen LogP contribution in [0.3, 0.4) is 0 Å². The number of carbonyl (C=O) groups is 1. The number of carbonyl (C=O) groups excluding carboxylic acids is 1. The monoisotopic (exact) mass is 357 g/mol. The quantitative estimate of drug-likeness (QED) is 0.724. The van der Waals surface area contributed by atoms with Gasteiger partial charge in [-0.25, -0.2) is 0 Å². The molecule has 2 saturated heterocycles. The van der Waals surface area contributed by atoms with Crippen LogP contribution in [0.5, 0.6) is 0 Å². The standard InChI is InChI=1S/C22H31NO3/c1-2-26-21(24)22(13-6-10-19-8-4-3-5-9-19)14-7-15-23(18-22)20-11-16-25-17-12-20/h3-6,8-10,20H,2,7,11-18H2,1H3. The number of nitrogens with zero attached hydrogens (tertiary/aromatic N) is 1. The fourth-order valence-electron chi connectivity index (χ4n) is 4.21. The summed E-state index contributed by atoms with van der Waals surface area (Å²) in [6.45, 7) is 5.89. The molecule has 0 bridgehead atoms. The van der Waals surface area contributed by atoms with Gasteiger partial charge in [-0.05, 0) is 51.1 Å². The minimum absolute atomic E-state index is 0.0329. The van der Waals surface area contributed by atoms with Crippen molar-refractivity contribution in [2.75, 3.05) is 32.9 Å². The molecule has 1 atom stereocenters. The van der Waals surface area contributed by atoms with Crippen molar-refractivity contribution in [2.45, 2.75) is 45.1 Å². The van der Waals surface area contributed by atoms with Crippen molar-refractivity contribution in [2.24, 2.45) is 5.41 Å². The maximum absolute atomic E-state index is 12.9. The van der Waals surface area contributed by atoms with Crippen LogP contribution in [0.1, 0.15) is 44.6 Å². The number of benzene rings is 1. The third-order valence-electron chi connectivity index (χ3n) is 5.64. The lowest BCUT2D eigenvalue weighted by atomic mass is 9.76. The van der Waals surface area contributed by atoms with Crippen LogP contribution < -0.4 is 0 Å². The molecule has 1 aromatic carbocycles. The van der Waals surface area contributed by atoms with Gasteiger partial charge in [0.25, 0.3) is 0 Å². The summed E-state index contributed by atoms with van der Waals surface area (Å²) >= 11 is 0. The maximum Gasteiger partial charge on any atom is 0.313 e. The number of likely N-dealkylation sites (tertiary alicyclic amines) is 1. The molecule has 2 aliphatic rings. The zero-order chi connectivity index (χ0) is 18.2. The molecule has 0 saturated carbocycles. The number of allylic oxidation sites excluding steroid dienone is 1. The van der Waals surface area contributed by atoms with E-state index < -0.39 is 5.41 Å². The van der Waals surface area contributed by atoms with Crippen LogP contribution in [-0.4, -0.2) is 49.8 Å². The first kappa shape index (κ1) is 19.1. The Hall–Kier alpha value is -1.65. The summed E-state index contributed by atoms with van der Waals surface area (Å²) in [6.07, 6.45) is 9.10. The van der Waals surface area contributed by atoms with Crippen LogP contribution in [0.2, 0.25) is 0 Å². The van der Waals surface area contributed by atoms with E-state index in [1.54, 1.807) is 0 Å². The molecule has 4 nitrogen and oxygen atoms in total. The summed E-state index contributed by atoms with van der Waals surface area (Å²) in [5, 5.41) is 0. The lowest BCUT2D eigenvalue weighted by Gasteiger charge is -2.44. The van der Waals surface area contributed by atoms with Crippen molar-refractivity contribution in [1.82, 2.24) is 4.90 Å². The highest BCUT2D eigenvalue weighted by molar-refractivity contribution is 5.77. The highest BCUT2D eigenvalue weighted by atomic mass is 16.5. The van der Waals surface area contributed by atoms with E-state index >= 15 is 0 Å². The van der Waals surface area contributed by atoms with E-state index in [0.29, 0.717) is 12.6 Å². The predicted molar refractivity (Wildman–Crippen MR) is 104 cm³/mol. The van der Waals surface area contributed by atoms with Crippen molar-refractivity contribution < 1.29 is 14.3 Å². The normalized spacial score (nSPS) is 25.4. The first-order valence-corrected chi connectivity index (χ1v) is 9.94. The van der Waals surface area contributed by atoms with Gasteiger partial charge in [-0.3, -0.25) is 9.69 Å². The van der Waals surface area contributed by atoms with Crippen molar-refractivity contribution in [3.8, 4) is 0 Å². The summed E-state index contributed by atoms with van der Waals surface area (Å²) in [5.41, 5.74) is 0.751. The lowest BCUT2D eigenvalue weighted by molar-refractivity contribution is -0.160. The molecule has 0 amide bonds. The van der Waals surface area contributed by atoms with Gasteiger partial charge < -0.3 is 9.47 Å². The van der Waals surface area contributed by atoms with E-state index in [-0.39, 0.29) is 5.97 Å². The van der Waals surface area contributed by atoms with Crippen molar-refractivity contribution in [3.63, 3.8) is 0 Å². The summed E-state index contributed by atoms with van der Waals surface area (Å²) < 4.78 is 11.0. The van der Waals surface area contributed by atoms with Gasteiger partial charge >= 0.3 is 5.97 Å². The van der Waals surface area contributed by atoms with Gasteiger partial charge in [0.15, 0.2) is 0 Å². The number of hydrogen-bond acceptors (Lipinski definition) is 4. The Morgan fingerprint density at radius 3 is 2.81 bits per heavy atom. The van der Waals surface area contributed by atoms with Gasteiger partial charge in [-0.1, -0.05) is 42.5 Å². The lowest BCUT2D eigenvalue weighted by Crippen LogP contribution is -2.52. The van der Waals surface area contributed by atoms with Crippen molar-refractivity contribution in [3.05, 3.63) is 42.0 Å². The number of esters is 1. The zero-order valence-electron chi connectivity index (χ0n) is 15.9. The molecule has 26 heavy (non-hydrogen) atoms. The third kappa shape index (κ3) is 4.74. The molecular weight excluding hydrogens is 326 g/mol. The molecule has 0 aliphatic carbocycles. The molecule has 0 radical (unpaired) electrons. The summed E-state index contributed by atoms with van der Waals surface area (Å²) in [6, 6.07) is 10.8. The second kappa shape index (κ2) is 9.33. The number of piperidine rings is 1. The highest BCUT2D eigenvalue weighted by Gasteiger charge is 2.44. The van der Waals surface area contributed by atoms with E-state index in [2.05, 4.69) is 29.2 Å². The van der Waals surface area contributed by atoms with Crippen molar-refractivity contribution >= 4 is 12.0 Å². The molecule has 142 valence electrons. The zero-order valence-corrected chi connectivity index (χ0v) is 15.9. The smallest absolute Gasteiger partial charge is 0.313 e. The van der Waals surface area contributed by atoms with E-state index in [1.165, 1.54) is 5.56 Å². The van der Waals surface area contributed by atoms with Crippen LogP contribution in [0.25, 0.3) is 6.08 Å². The highest BCUT2D eigenvalue weighted by Crippen LogP contribution is 2.37. The minimum Gasteiger partial charge on any atom is -0.466 e. The molecule has 2 fully saturated rings. The molecule has 0 N–H and O–H groups in total. The van der Waals surface area contributed by atoms with E-state index in [9.17, 15) is 4.79 Å². The van der Waals surface area contributed by atoms with E-state index in [0.717, 1.165) is 58.4 Å². The molecule has 3 rings (SSSR count). The second-order valence-electron chi connectivity index (χ2n) is 7.44. The Morgan fingerprint density at radius 2 is 2.08 bits per heavy atom. The molecule has 2 aliphatic heterocycles. The number of rotatable bonds is 6. The summed E-state index contributed by atoms with van der Waals surface area (Å²) in [4.78, 5) is 15.4. The fourth-order valence-corrected chi connectivity index (χ4v) is 4.21. The molecule has 1 unspecified atom stereocenters. The third-order valence-corrected chi connectivity index (χ3v) is 5.64. The average molecular weight is 357 g/mol. The topological polar surface area (TPSA) is 38.8 Å². The van der Waals surface area contributed by atoms with Crippen LogP contribution in [0.4, 0.5) is 0 Å². The Kier molecular flexibility index (Phi) is 6.86. The largest absolute Gasteiger partial charge is 0.466 e. The first-order chi connectivity index (χ1) is 12.7. The second-order valence-corrected chi connectivity index (χ2v) is 7.44. The molecule has 0 spiro atoms. The van der Waals surface area contributed by atoms with Gasteiger partial charge in [0, 0.05) is 25.8 Å². The number of hydrogen-bond donors (Lipinski definition) is 0. The van der Waals surface area contributed by atoms with Crippen molar-refractivity contribution in [1.29, 1.82) is 0 Å². The molecular formula is C22H31NO3. The Labute approximate surface area is 157 Å².